The van der Waals surface area contributed by atoms with Crippen LogP contribution < -0.4 is 5.32 Å². The number of rotatable bonds is 8. The van der Waals surface area contributed by atoms with Crippen LogP contribution in [0.4, 0.5) is 0 Å². The fourth-order valence-corrected chi connectivity index (χ4v) is 6.17. The second-order valence-corrected chi connectivity index (χ2v) is 11.2. The molecule has 186 valence electrons. The maximum absolute atomic E-state index is 13.4. The van der Waals surface area contributed by atoms with Crippen molar-refractivity contribution in [3.05, 3.63) is 138 Å². The van der Waals surface area contributed by atoms with E-state index in [1.165, 1.54) is 0 Å². The highest BCUT2D eigenvalue weighted by Crippen LogP contribution is 2.28. The van der Waals surface area contributed by atoms with Gasteiger partial charge in [-0.05, 0) is 29.7 Å². The number of hydrogen-bond acceptors (Lipinski definition) is 3. The van der Waals surface area contributed by atoms with E-state index in [0.717, 1.165) is 22.3 Å². The van der Waals surface area contributed by atoms with Crippen LogP contribution in [0, 0.1) is 6.92 Å². The Kier molecular flexibility index (Phi) is 6.93. The molecule has 1 N–H and O–H groups in total. The van der Waals surface area contributed by atoms with Crippen molar-refractivity contribution in [1.82, 2.24) is 9.88 Å². The molecule has 0 saturated heterocycles. The number of benzene rings is 4. The summed E-state index contributed by atoms with van der Waals surface area (Å²) in [7, 11) is -3.63. The first-order chi connectivity index (χ1) is 17.9. The van der Waals surface area contributed by atoms with E-state index < -0.39 is 9.84 Å². The summed E-state index contributed by atoms with van der Waals surface area (Å²) in [6.07, 6.45) is 1.59. The molecule has 0 atom stereocenters. The van der Waals surface area contributed by atoms with E-state index in [0.29, 0.717) is 10.9 Å². The van der Waals surface area contributed by atoms with Gasteiger partial charge in [0.15, 0.2) is 9.84 Å². The van der Waals surface area contributed by atoms with Crippen molar-refractivity contribution in [1.29, 1.82) is 0 Å². The number of nitrogens with zero attached hydrogens (tertiary/aromatic N) is 1. The Bertz CT molecular complexity index is 1590. The molecule has 0 saturated carbocycles. The van der Waals surface area contributed by atoms with Crippen molar-refractivity contribution >= 4 is 26.6 Å². The summed E-state index contributed by atoms with van der Waals surface area (Å²) in [6.45, 7) is 1.97. The van der Waals surface area contributed by atoms with Crippen LogP contribution in [0.5, 0.6) is 0 Å². The fourth-order valence-electron chi connectivity index (χ4n) is 4.58. The molecule has 6 heteroatoms. The number of carbonyl (C=O) groups excluding carboxylic acids is 1. The summed E-state index contributed by atoms with van der Waals surface area (Å²) in [5.74, 6) is -0.307. The third kappa shape index (κ3) is 5.49. The third-order valence-electron chi connectivity index (χ3n) is 6.45. The summed E-state index contributed by atoms with van der Waals surface area (Å²) in [5.41, 5.74) is 4.46. The molecule has 0 radical (unpaired) electrons. The maximum Gasteiger partial charge on any atom is 0.240 e. The van der Waals surface area contributed by atoms with Gasteiger partial charge >= 0.3 is 0 Å². The largest absolute Gasteiger partial charge is 0.344 e. The van der Waals surface area contributed by atoms with E-state index in [4.69, 9.17) is 0 Å². The lowest BCUT2D eigenvalue weighted by atomic mass is 9.99. The number of aryl methyl sites for hydroxylation is 1. The molecule has 1 aromatic heterocycles. The molecule has 0 aliphatic carbocycles. The Morgan fingerprint density at radius 1 is 0.784 bits per heavy atom. The average Bonchev–Trinajstić information content (AvgIpc) is 3.29. The highest BCUT2D eigenvalue weighted by Gasteiger charge is 2.23. The van der Waals surface area contributed by atoms with Crippen LogP contribution in [0.25, 0.3) is 10.9 Å². The first kappa shape index (κ1) is 24.5. The monoisotopic (exact) mass is 508 g/mol. The van der Waals surface area contributed by atoms with Crippen molar-refractivity contribution in [3.8, 4) is 0 Å². The van der Waals surface area contributed by atoms with Crippen LogP contribution >= 0.6 is 0 Å². The van der Waals surface area contributed by atoms with E-state index in [-0.39, 0.29) is 29.1 Å². The molecule has 0 fully saturated rings. The molecule has 1 amide bonds. The summed E-state index contributed by atoms with van der Waals surface area (Å²) in [5, 5.41) is 3.76. The standard InChI is InChI=1S/C31H28N2O3S/c1-23-16-18-24(19-17-23)22-37(35,36)29-20-33(28-15-9-8-14-27(28)29)21-30(34)32-31(25-10-4-2-5-11-25)26-12-6-3-7-13-26/h2-20,31H,21-22H2,1H3,(H,32,34). The lowest BCUT2D eigenvalue weighted by Crippen LogP contribution is -2.32. The van der Waals surface area contributed by atoms with E-state index in [1.807, 2.05) is 110 Å². The Labute approximate surface area is 217 Å². The minimum Gasteiger partial charge on any atom is -0.344 e. The first-order valence-corrected chi connectivity index (χ1v) is 13.8. The zero-order valence-corrected chi connectivity index (χ0v) is 21.4. The number of sulfone groups is 1. The van der Waals surface area contributed by atoms with Crippen LogP contribution in [0.2, 0.25) is 0 Å². The van der Waals surface area contributed by atoms with Crippen LogP contribution in [-0.4, -0.2) is 18.9 Å². The Morgan fingerprint density at radius 3 is 1.97 bits per heavy atom. The second-order valence-electron chi connectivity index (χ2n) is 9.20. The normalized spacial score (nSPS) is 11.6. The second kappa shape index (κ2) is 10.4. The van der Waals surface area contributed by atoms with E-state index in [1.54, 1.807) is 16.8 Å². The number of nitrogens with one attached hydrogen (secondary N) is 1. The summed E-state index contributed by atoms with van der Waals surface area (Å²) in [4.78, 5) is 13.5. The average molecular weight is 509 g/mol. The van der Waals surface area contributed by atoms with Crippen molar-refractivity contribution in [2.45, 2.75) is 30.2 Å². The lowest BCUT2D eigenvalue weighted by Gasteiger charge is -2.20. The first-order valence-electron chi connectivity index (χ1n) is 12.2. The van der Waals surface area contributed by atoms with Gasteiger partial charge in [-0.2, -0.15) is 0 Å². The highest BCUT2D eigenvalue weighted by molar-refractivity contribution is 7.90. The molecule has 0 bridgehead atoms. The zero-order valence-electron chi connectivity index (χ0n) is 20.5. The van der Waals surface area contributed by atoms with Crippen LogP contribution in [0.3, 0.4) is 0 Å². The van der Waals surface area contributed by atoms with E-state index >= 15 is 0 Å². The van der Waals surface area contributed by atoms with Gasteiger partial charge in [-0.25, -0.2) is 8.42 Å². The molecule has 5 rings (SSSR count). The molecule has 0 aliphatic rings. The number of aromatic nitrogens is 1. The topological polar surface area (TPSA) is 68.2 Å². The fraction of sp³-hybridized carbons (Fsp3) is 0.129. The van der Waals surface area contributed by atoms with Crippen molar-refractivity contribution < 1.29 is 13.2 Å². The molecule has 1 heterocycles. The van der Waals surface area contributed by atoms with Gasteiger partial charge in [0, 0.05) is 17.1 Å². The summed E-state index contributed by atoms with van der Waals surface area (Å²) >= 11 is 0. The van der Waals surface area contributed by atoms with Gasteiger partial charge in [-0.1, -0.05) is 109 Å². The Hall–Kier alpha value is -4.16. The summed E-state index contributed by atoms with van der Waals surface area (Å²) in [6, 6.07) is 34.1. The minimum absolute atomic E-state index is 0.00324. The Morgan fingerprint density at radius 2 is 1.35 bits per heavy atom. The third-order valence-corrected chi connectivity index (χ3v) is 8.16. The molecule has 37 heavy (non-hydrogen) atoms. The van der Waals surface area contributed by atoms with Crippen LogP contribution in [-0.2, 0) is 26.9 Å². The van der Waals surface area contributed by atoms with Gasteiger partial charge in [0.1, 0.15) is 6.54 Å². The maximum atomic E-state index is 13.4. The van der Waals surface area contributed by atoms with Gasteiger partial charge in [0.05, 0.1) is 16.7 Å². The molecular formula is C31H28N2O3S. The lowest BCUT2D eigenvalue weighted by molar-refractivity contribution is -0.122. The number of para-hydroxylation sites is 1. The minimum atomic E-state index is -3.63. The van der Waals surface area contributed by atoms with Crippen LogP contribution in [0.15, 0.2) is 120 Å². The zero-order chi connectivity index (χ0) is 25.8. The molecular weight excluding hydrogens is 480 g/mol. The molecule has 5 nitrogen and oxygen atoms in total. The number of fused-ring (bicyclic) bond motifs is 1. The van der Waals surface area contributed by atoms with Gasteiger partial charge < -0.3 is 9.88 Å². The number of amides is 1. The predicted molar refractivity (Wildman–Crippen MR) is 147 cm³/mol. The predicted octanol–water partition coefficient (Wildman–Crippen LogP) is 5.83. The number of carbonyl (C=O) groups is 1. The molecule has 0 aliphatic heterocycles. The van der Waals surface area contributed by atoms with Gasteiger partial charge in [0.25, 0.3) is 0 Å². The number of hydrogen-bond donors (Lipinski definition) is 1. The van der Waals surface area contributed by atoms with Crippen molar-refractivity contribution in [2.75, 3.05) is 0 Å². The molecule has 0 spiro atoms. The van der Waals surface area contributed by atoms with Crippen molar-refractivity contribution in [3.63, 3.8) is 0 Å². The van der Waals surface area contributed by atoms with E-state index in [2.05, 4.69) is 5.32 Å². The highest BCUT2D eigenvalue weighted by atomic mass is 32.2. The quantitative estimate of drug-likeness (QED) is 0.287. The van der Waals surface area contributed by atoms with Crippen LogP contribution in [0.1, 0.15) is 28.3 Å². The molecule has 0 unspecified atom stereocenters. The van der Waals surface area contributed by atoms with Gasteiger partial charge in [-0.3, -0.25) is 4.79 Å². The van der Waals surface area contributed by atoms with Crippen molar-refractivity contribution in [2.24, 2.45) is 0 Å². The molecule has 4 aromatic carbocycles. The SMILES string of the molecule is Cc1ccc(CS(=O)(=O)c2cn(CC(=O)NC(c3ccccc3)c3ccccc3)c3ccccc23)cc1. The Balaban J connectivity index is 1.44. The molecule has 5 aromatic rings. The van der Waals surface area contributed by atoms with Gasteiger partial charge in [0.2, 0.25) is 5.91 Å². The smallest absolute Gasteiger partial charge is 0.240 e. The summed E-state index contributed by atoms with van der Waals surface area (Å²) < 4.78 is 28.6. The van der Waals surface area contributed by atoms with Gasteiger partial charge in [-0.15, -0.1) is 0 Å². The van der Waals surface area contributed by atoms with E-state index in [9.17, 15) is 13.2 Å².